The van der Waals surface area contributed by atoms with Crippen LogP contribution < -0.4 is 20.1 Å². The number of nitrogens with zero attached hydrogens (tertiary/aromatic N) is 3. The van der Waals surface area contributed by atoms with E-state index in [1.54, 1.807) is 6.20 Å². The molecule has 0 amide bonds. The molecule has 2 aromatic carbocycles. The van der Waals surface area contributed by atoms with Crippen LogP contribution in [0.25, 0.3) is 11.3 Å². The summed E-state index contributed by atoms with van der Waals surface area (Å²) in [6, 6.07) is 16.1. The van der Waals surface area contributed by atoms with Gasteiger partial charge in [0, 0.05) is 42.6 Å². The fourth-order valence-electron chi connectivity index (χ4n) is 3.95. The molecule has 1 aliphatic rings. The van der Waals surface area contributed by atoms with E-state index < -0.39 is 0 Å². The number of anilines is 2. The summed E-state index contributed by atoms with van der Waals surface area (Å²) in [5.41, 5.74) is 3.85. The molecule has 184 valence electrons. The summed E-state index contributed by atoms with van der Waals surface area (Å²) in [5.74, 6) is 2.28. The summed E-state index contributed by atoms with van der Waals surface area (Å²) in [7, 11) is 0. The maximum atomic E-state index is 6.18. The fraction of sp³-hybridized carbons (Fsp3) is 0.357. The minimum Gasteiger partial charge on any atom is -0.493 e. The zero-order valence-corrected chi connectivity index (χ0v) is 20.7. The van der Waals surface area contributed by atoms with E-state index in [9.17, 15) is 0 Å². The summed E-state index contributed by atoms with van der Waals surface area (Å²) < 4.78 is 12.1. The first-order valence-corrected chi connectivity index (χ1v) is 12.4. The van der Waals surface area contributed by atoms with E-state index in [1.165, 1.54) is 0 Å². The Kier molecular flexibility index (Phi) is 9.09. The number of hydrogen-bond donors (Lipinski definition) is 2. The molecule has 1 aliphatic heterocycles. The van der Waals surface area contributed by atoms with Gasteiger partial charge >= 0.3 is 0 Å². The van der Waals surface area contributed by atoms with E-state index in [1.807, 2.05) is 42.5 Å². The minimum atomic E-state index is 0.548. The Balaban J connectivity index is 1.57. The first-order chi connectivity index (χ1) is 17.2. The molecule has 35 heavy (non-hydrogen) atoms. The molecule has 0 spiro atoms. The number of ether oxygens (including phenoxy) is 2. The van der Waals surface area contributed by atoms with Crippen molar-refractivity contribution in [2.75, 3.05) is 44.7 Å². The number of aromatic nitrogens is 2. The second-order valence-electron chi connectivity index (χ2n) is 8.36. The number of likely N-dealkylation sites (N-methyl/N-ethyl adjacent to an activating group) is 1. The predicted octanol–water partition coefficient (Wildman–Crippen LogP) is 5.04. The van der Waals surface area contributed by atoms with Crippen LogP contribution in [0.2, 0.25) is 0 Å². The Morgan fingerprint density at radius 2 is 1.97 bits per heavy atom. The molecule has 0 fully saturated rings. The Hall–Kier alpha value is -3.42. The monoisotopic (exact) mass is 473 g/mol. The predicted molar refractivity (Wildman–Crippen MR) is 141 cm³/mol. The van der Waals surface area contributed by atoms with E-state index in [-0.39, 0.29) is 0 Å². The van der Waals surface area contributed by atoms with Crippen LogP contribution in [-0.2, 0) is 6.54 Å². The molecular formula is C28H35N5O2. The van der Waals surface area contributed by atoms with Crippen LogP contribution >= 0.6 is 0 Å². The van der Waals surface area contributed by atoms with Crippen LogP contribution in [0.15, 0.2) is 66.9 Å². The summed E-state index contributed by atoms with van der Waals surface area (Å²) >= 11 is 0. The lowest BCUT2D eigenvalue weighted by Gasteiger charge is -2.19. The lowest BCUT2D eigenvalue weighted by molar-refractivity contribution is 0.221. The average molecular weight is 474 g/mol. The van der Waals surface area contributed by atoms with Crippen molar-refractivity contribution in [2.45, 2.75) is 26.8 Å². The molecule has 0 atom stereocenters. The molecule has 2 heterocycles. The number of hydrogen-bond acceptors (Lipinski definition) is 7. The van der Waals surface area contributed by atoms with Crippen molar-refractivity contribution in [2.24, 2.45) is 0 Å². The molecule has 2 N–H and O–H groups in total. The number of rotatable bonds is 6. The summed E-state index contributed by atoms with van der Waals surface area (Å²) in [6.07, 6.45) is 6.91. The lowest BCUT2D eigenvalue weighted by Crippen LogP contribution is -2.28. The van der Waals surface area contributed by atoms with Crippen LogP contribution in [0.1, 0.15) is 25.8 Å². The van der Waals surface area contributed by atoms with Crippen molar-refractivity contribution in [1.29, 1.82) is 0 Å². The molecular weight excluding hydrogens is 438 g/mol. The molecule has 0 radical (unpaired) electrons. The van der Waals surface area contributed by atoms with Crippen molar-refractivity contribution < 1.29 is 9.47 Å². The van der Waals surface area contributed by atoms with Crippen molar-refractivity contribution in [1.82, 2.24) is 20.2 Å². The van der Waals surface area contributed by atoms with Crippen LogP contribution in [0.4, 0.5) is 11.6 Å². The van der Waals surface area contributed by atoms with Crippen LogP contribution in [0.5, 0.6) is 11.5 Å². The Morgan fingerprint density at radius 3 is 2.86 bits per heavy atom. The molecule has 0 saturated carbocycles. The van der Waals surface area contributed by atoms with Gasteiger partial charge in [-0.3, -0.25) is 0 Å². The maximum absolute atomic E-state index is 6.18. The van der Waals surface area contributed by atoms with E-state index >= 15 is 0 Å². The highest BCUT2D eigenvalue weighted by atomic mass is 16.5. The zero-order valence-electron chi connectivity index (χ0n) is 20.7. The highest BCUT2D eigenvalue weighted by Gasteiger charge is 2.09. The minimum absolute atomic E-state index is 0.548. The zero-order chi connectivity index (χ0) is 24.3. The molecule has 0 unspecified atom stereocenters. The third kappa shape index (κ3) is 7.28. The molecule has 0 saturated heterocycles. The highest BCUT2D eigenvalue weighted by molar-refractivity contribution is 5.64. The SMILES string of the molecule is CCN(CC)CCOc1ccc2cc1CNCC=CCCOc1cccc(c1)-c1ccnc(n1)N2. The van der Waals surface area contributed by atoms with Gasteiger partial charge in [-0.1, -0.05) is 38.1 Å². The summed E-state index contributed by atoms with van der Waals surface area (Å²) in [6.45, 7) is 10.1. The fourth-order valence-corrected chi connectivity index (χ4v) is 3.95. The lowest BCUT2D eigenvalue weighted by atomic mass is 10.1. The Morgan fingerprint density at radius 1 is 1.06 bits per heavy atom. The van der Waals surface area contributed by atoms with Crippen LogP contribution in [-0.4, -0.2) is 54.3 Å². The first kappa shape index (κ1) is 24.7. The smallest absolute Gasteiger partial charge is 0.227 e. The highest BCUT2D eigenvalue weighted by Crippen LogP contribution is 2.26. The molecule has 7 nitrogen and oxygen atoms in total. The normalized spacial score (nSPS) is 13.9. The topological polar surface area (TPSA) is 71.5 Å². The van der Waals surface area contributed by atoms with Gasteiger partial charge in [-0.15, -0.1) is 0 Å². The maximum Gasteiger partial charge on any atom is 0.227 e. The van der Waals surface area contributed by atoms with Gasteiger partial charge < -0.3 is 25.0 Å². The quantitative estimate of drug-likeness (QED) is 0.486. The molecule has 3 aromatic rings. The number of benzene rings is 2. The third-order valence-corrected chi connectivity index (χ3v) is 5.96. The second kappa shape index (κ2) is 12.9. The Bertz CT molecular complexity index is 1110. The molecule has 4 rings (SSSR count). The summed E-state index contributed by atoms with van der Waals surface area (Å²) in [5, 5.41) is 6.85. The van der Waals surface area contributed by atoms with Gasteiger partial charge in [0.25, 0.3) is 0 Å². The van der Waals surface area contributed by atoms with Gasteiger partial charge in [-0.25, -0.2) is 9.97 Å². The van der Waals surface area contributed by atoms with Crippen LogP contribution in [0, 0.1) is 0 Å². The standard InChI is InChI=1S/C28H35N5O2/c1-3-33(4-2)16-18-35-27-12-11-24-19-23(27)21-29-14-6-5-7-17-34-25-10-8-9-22(20-25)26-13-15-30-28(31-24)32-26/h5-6,8-13,15,19-20,29H,3-4,7,14,16-18,21H2,1-2H3,(H,30,31,32). The van der Waals surface area contributed by atoms with E-state index in [2.05, 4.69) is 52.6 Å². The van der Waals surface area contributed by atoms with E-state index in [4.69, 9.17) is 14.5 Å². The molecule has 7 heteroatoms. The van der Waals surface area contributed by atoms with Gasteiger partial charge in [0.05, 0.1) is 12.3 Å². The average Bonchev–Trinajstić information content (AvgIpc) is 2.89. The first-order valence-electron chi connectivity index (χ1n) is 12.4. The van der Waals surface area contributed by atoms with Crippen molar-refractivity contribution in [3.8, 4) is 22.8 Å². The number of fused-ring (bicyclic) bond motifs is 7. The summed E-state index contributed by atoms with van der Waals surface area (Å²) in [4.78, 5) is 11.5. The third-order valence-electron chi connectivity index (χ3n) is 5.96. The molecule has 6 bridgehead atoms. The Labute approximate surface area is 208 Å². The van der Waals surface area contributed by atoms with Crippen LogP contribution in [0.3, 0.4) is 0 Å². The van der Waals surface area contributed by atoms with E-state index in [0.717, 1.165) is 66.6 Å². The van der Waals surface area contributed by atoms with Gasteiger partial charge in [0.1, 0.15) is 18.1 Å². The van der Waals surface area contributed by atoms with Crippen molar-refractivity contribution in [3.63, 3.8) is 0 Å². The second-order valence-corrected chi connectivity index (χ2v) is 8.36. The van der Waals surface area contributed by atoms with Crippen molar-refractivity contribution in [3.05, 3.63) is 72.4 Å². The van der Waals surface area contributed by atoms with E-state index in [0.29, 0.717) is 25.7 Å². The molecule has 0 aliphatic carbocycles. The van der Waals surface area contributed by atoms with Gasteiger partial charge in [0.15, 0.2) is 0 Å². The largest absolute Gasteiger partial charge is 0.493 e. The number of nitrogens with one attached hydrogen (secondary N) is 2. The molecule has 1 aromatic heterocycles. The van der Waals surface area contributed by atoms with Crippen molar-refractivity contribution >= 4 is 11.6 Å². The van der Waals surface area contributed by atoms with Gasteiger partial charge in [-0.2, -0.15) is 0 Å². The van der Waals surface area contributed by atoms with Gasteiger partial charge in [0.2, 0.25) is 5.95 Å². The van der Waals surface area contributed by atoms with Gasteiger partial charge in [-0.05, 0) is 55.9 Å².